The van der Waals surface area contributed by atoms with Gasteiger partial charge in [-0.1, -0.05) is 11.2 Å². The van der Waals surface area contributed by atoms with Crippen LogP contribution in [0.3, 0.4) is 0 Å². The van der Waals surface area contributed by atoms with Crippen LogP contribution in [-0.2, 0) is 0 Å². The Morgan fingerprint density at radius 1 is 1.10 bits per heavy atom. The summed E-state index contributed by atoms with van der Waals surface area (Å²) >= 11 is 0. The highest BCUT2D eigenvalue weighted by Gasteiger charge is 2.10. The van der Waals surface area contributed by atoms with Gasteiger partial charge in [0.1, 0.15) is 0 Å². The van der Waals surface area contributed by atoms with Crippen molar-refractivity contribution in [2.24, 2.45) is 0 Å². The molecule has 4 aromatic rings. The van der Waals surface area contributed by atoms with Crippen LogP contribution in [0.5, 0.6) is 0 Å². The molecule has 146 valence electrons. The highest BCUT2D eigenvalue weighted by molar-refractivity contribution is 5.90. The Kier molecular flexibility index (Phi) is 4.89. The molecule has 0 atom stereocenters. The van der Waals surface area contributed by atoms with Crippen molar-refractivity contribution in [1.29, 1.82) is 0 Å². The number of carbonyl (C=O) groups is 1. The number of nitrogens with one attached hydrogen (secondary N) is 3. The van der Waals surface area contributed by atoms with Gasteiger partial charge in [-0.05, 0) is 50.2 Å². The van der Waals surface area contributed by atoms with E-state index in [1.165, 1.54) is 0 Å². The van der Waals surface area contributed by atoms with Crippen LogP contribution in [-0.4, -0.2) is 30.9 Å². The smallest absolute Gasteiger partial charge is 0.313 e. The summed E-state index contributed by atoms with van der Waals surface area (Å²) in [6.07, 6.45) is 3.26. The number of carbonyl (C=O) groups excluding carboxylic acids is 1. The lowest BCUT2D eigenvalue weighted by Crippen LogP contribution is -2.33. The fourth-order valence-electron chi connectivity index (χ4n) is 2.77. The number of nitrogens with zero attached hydrogens (tertiary/aromatic N) is 5. The number of rotatable bonds is 5. The summed E-state index contributed by atoms with van der Waals surface area (Å²) < 4.78 is 6.88. The maximum absolute atomic E-state index is 12.2. The predicted octanol–water partition coefficient (Wildman–Crippen LogP) is 3.08. The quantitative estimate of drug-likeness (QED) is 0.448. The topological polar surface area (TPSA) is 123 Å². The lowest BCUT2D eigenvalue weighted by atomic mass is 10.2. The van der Waals surface area contributed by atoms with Crippen LogP contribution in [0.1, 0.15) is 11.4 Å². The van der Waals surface area contributed by atoms with Crippen molar-refractivity contribution in [3.63, 3.8) is 0 Å². The molecule has 0 bridgehead atoms. The number of hydrogen-bond acceptors (Lipinski definition) is 7. The predicted molar refractivity (Wildman–Crippen MR) is 106 cm³/mol. The molecule has 0 radical (unpaired) electrons. The molecular weight excluding hydrogens is 372 g/mol. The van der Waals surface area contributed by atoms with Gasteiger partial charge in [0, 0.05) is 29.3 Å². The van der Waals surface area contributed by atoms with Gasteiger partial charge in [-0.3, -0.25) is 4.98 Å². The molecule has 0 spiro atoms. The largest absolute Gasteiger partial charge is 0.340 e. The molecular formula is C19H18N8O2. The van der Waals surface area contributed by atoms with E-state index in [1.54, 1.807) is 30.6 Å². The molecule has 3 aromatic heterocycles. The van der Waals surface area contributed by atoms with Gasteiger partial charge in [-0.15, -0.1) is 0 Å². The minimum absolute atomic E-state index is 0.0587. The molecule has 0 aliphatic carbocycles. The number of hydrazine groups is 1. The number of hydrogen-bond donors (Lipinski definition) is 3. The lowest BCUT2D eigenvalue weighted by Gasteiger charge is -2.09. The van der Waals surface area contributed by atoms with Gasteiger partial charge < -0.3 is 9.84 Å². The monoisotopic (exact) mass is 390 g/mol. The molecule has 29 heavy (non-hydrogen) atoms. The second kappa shape index (κ2) is 7.80. The summed E-state index contributed by atoms with van der Waals surface area (Å²) in [6.45, 7) is 3.91. The number of pyridine rings is 1. The standard InChI is InChI=1S/C19H18N8O2/c1-12-10-13(2)27(25-12)16-5-3-4-15(11-16)21-18(28)23-24-19-22-17(26-29-19)14-6-8-20-9-7-14/h3-11H,1-2H3,(H2,21,23,28)(H,22,24,26). The van der Waals surface area contributed by atoms with Gasteiger partial charge in [0.2, 0.25) is 5.82 Å². The van der Waals surface area contributed by atoms with E-state index in [4.69, 9.17) is 4.52 Å². The zero-order valence-electron chi connectivity index (χ0n) is 15.7. The first-order chi connectivity index (χ1) is 14.1. The van der Waals surface area contributed by atoms with Crippen molar-refractivity contribution < 1.29 is 9.32 Å². The van der Waals surface area contributed by atoms with E-state index >= 15 is 0 Å². The summed E-state index contributed by atoms with van der Waals surface area (Å²) in [5, 5.41) is 11.0. The third-order valence-corrected chi connectivity index (χ3v) is 4.01. The van der Waals surface area contributed by atoms with Crippen LogP contribution in [0.25, 0.3) is 17.1 Å². The first-order valence-electron chi connectivity index (χ1n) is 8.79. The summed E-state index contributed by atoms with van der Waals surface area (Å²) in [4.78, 5) is 20.3. The highest BCUT2D eigenvalue weighted by atomic mass is 16.5. The van der Waals surface area contributed by atoms with Crippen LogP contribution < -0.4 is 16.2 Å². The number of urea groups is 1. The van der Waals surface area contributed by atoms with Gasteiger partial charge in [0.05, 0.1) is 11.4 Å². The Morgan fingerprint density at radius 2 is 1.93 bits per heavy atom. The minimum atomic E-state index is -0.487. The lowest BCUT2D eigenvalue weighted by molar-refractivity contribution is 0.253. The maximum atomic E-state index is 12.2. The molecule has 0 saturated heterocycles. The molecule has 0 aliphatic heterocycles. The molecule has 1 aromatic carbocycles. The van der Waals surface area contributed by atoms with Crippen molar-refractivity contribution in [1.82, 2.24) is 30.3 Å². The second-order valence-electron chi connectivity index (χ2n) is 6.25. The zero-order chi connectivity index (χ0) is 20.2. The van der Waals surface area contributed by atoms with Crippen molar-refractivity contribution >= 4 is 17.7 Å². The Labute approximate surface area is 165 Å². The minimum Gasteiger partial charge on any atom is -0.313 e. The molecule has 0 unspecified atom stereocenters. The summed E-state index contributed by atoms with van der Waals surface area (Å²) in [5.41, 5.74) is 9.17. The molecule has 10 nitrogen and oxygen atoms in total. The van der Waals surface area contributed by atoms with Crippen LogP contribution in [0.2, 0.25) is 0 Å². The molecule has 10 heteroatoms. The highest BCUT2D eigenvalue weighted by Crippen LogP contribution is 2.17. The van der Waals surface area contributed by atoms with Gasteiger partial charge in [-0.2, -0.15) is 10.1 Å². The van der Waals surface area contributed by atoms with Gasteiger partial charge in [0.15, 0.2) is 0 Å². The van der Waals surface area contributed by atoms with Gasteiger partial charge in [-0.25, -0.2) is 20.3 Å². The fourth-order valence-corrected chi connectivity index (χ4v) is 2.77. The Morgan fingerprint density at radius 3 is 2.69 bits per heavy atom. The van der Waals surface area contributed by atoms with Crippen LogP contribution >= 0.6 is 0 Å². The third kappa shape index (κ3) is 4.21. The second-order valence-corrected chi connectivity index (χ2v) is 6.25. The van der Waals surface area contributed by atoms with Crippen LogP contribution in [0, 0.1) is 13.8 Å². The van der Waals surface area contributed by atoms with E-state index in [0.29, 0.717) is 11.5 Å². The fraction of sp³-hybridized carbons (Fsp3) is 0.105. The van der Waals surface area contributed by atoms with E-state index in [2.05, 4.69) is 36.4 Å². The summed E-state index contributed by atoms with van der Waals surface area (Å²) in [7, 11) is 0. The van der Waals surface area contributed by atoms with Crippen molar-refractivity contribution in [3.05, 3.63) is 66.2 Å². The Hall–Kier alpha value is -4.21. The van der Waals surface area contributed by atoms with Gasteiger partial charge in [0.25, 0.3) is 0 Å². The van der Waals surface area contributed by atoms with Crippen LogP contribution in [0.4, 0.5) is 16.5 Å². The summed E-state index contributed by atoms with van der Waals surface area (Å²) in [6, 6.07) is 12.4. The Bertz CT molecular complexity index is 1140. The van der Waals surface area contributed by atoms with Crippen molar-refractivity contribution in [2.45, 2.75) is 13.8 Å². The number of anilines is 2. The first kappa shape index (κ1) is 18.2. The molecule has 4 rings (SSSR count). The maximum Gasteiger partial charge on any atom is 0.340 e. The first-order valence-corrected chi connectivity index (χ1v) is 8.79. The van der Waals surface area contributed by atoms with E-state index in [0.717, 1.165) is 22.6 Å². The Balaban J connectivity index is 1.37. The molecule has 0 fully saturated rings. The normalized spacial score (nSPS) is 10.6. The average Bonchev–Trinajstić information content (AvgIpc) is 3.33. The van der Waals surface area contributed by atoms with Gasteiger partial charge >= 0.3 is 12.0 Å². The zero-order valence-corrected chi connectivity index (χ0v) is 15.7. The van der Waals surface area contributed by atoms with Crippen LogP contribution in [0.15, 0.2) is 59.4 Å². The molecule has 3 N–H and O–H groups in total. The number of aromatic nitrogens is 5. The number of benzene rings is 1. The van der Waals surface area contributed by atoms with E-state index in [-0.39, 0.29) is 6.01 Å². The number of amides is 2. The van der Waals surface area contributed by atoms with E-state index in [9.17, 15) is 4.79 Å². The average molecular weight is 390 g/mol. The van der Waals surface area contributed by atoms with E-state index < -0.39 is 6.03 Å². The summed E-state index contributed by atoms with van der Waals surface area (Å²) in [5.74, 6) is 0.384. The molecule has 3 heterocycles. The SMILES string of the molecule is Cc1cc(C)n(-c2cccc(NC(=O)NNc3nc(-c4ccncc4)no3)c2)n1. The molecule has 0 aliphatic rings. The van der Waals surface area contributed by atoms with E-state index in [1.807, 2.05) is 42.8 Å². The van der Waals surface area contributed by atoms with Crippen molar-refractivity contribution in [2.75, 3.05) is 10.7 Å². The van der Waals surface area contributed by atoms with Crippen molar-refractivity contribution in [3.8, 4) is 17.1 Å². The number of aryl methyl sites for hydroxylation is 2. The molecule has 0 saturated carbocycles. The molecule has 2 amide bonds. The third-order valence-electron chi connectivity index (χ3n) is 4.01.